The number of rotatable bonds is 3. The zero-order chi connectivity index (χ0) is 17.5. The van der Waals surface area contributed by atoms with Gasteiger partial charge in [0.2, 0.25) is 0 Å². The van der Waals surface area contributed by atoms with Crippen LogP contribution >= 0.6 is 0 Å². The van der Waals surface area contributed by atoms with Crippen LogP contribution in [0, 0.1) is 0 Å². The Bertz CT molecular complexity index is 531. The van der Waals surface area contributed by atoms with E-state index in [-0.39, 0.29) is 0 Å². The number of aromatic nitrogens is 3. The molecule has 0 spiro atoms. The lowest BCUT2D eigenvalue weighted by molar-refractivity contribution is 1.12. The van der Waals surface area contributed by atoms with Crippen molar-refractivity contribution in [3.05, 3.63) is 90.3 Å². The highest BCUT2D eigenvalue weighted by atomic mass is 14.6. The molecule has 3 aromatic rings. The van der Waals surface area contributed by atoms with Gasteiger partial charge in [-0.25, -0.2) is 0 Å². The van der Waals surface area contributed by atoms with Crippen LogP contribution in [0.5, 0.6) is 0 Å². The molecule has 0 aliphatic heterocycles. The van der Waals surface area contributed by atoms with Crippen LogP contribution in [0.2, 0.25) is 0 Å². The molecule has 0 N–H and O–H groups in total. The Hall–Kier alpha value is -2.55. The Kier molecular flexibility index (Phi) is 10.5. The van der Waals surface area contributed by atoms with Crippen LogP contribution in [0.1, 0.15) is 37.5 Å². The molecule has 0 aromatic carbocycles. The number of pyridine rings is 3. The third-order valence-corrected chi connectivity index (χ3v) is 3.47. The summed E-state index contributed by atoms with van der Waals surface area (Å²) < 4.78 is 0. The molecule has 0 unspecified atom stereocenters. The summed E-state index contributed by atoms with van der Waals surface area (Å²) in [6, 6.07) is 12.2. The Morgan fingerprint density at radius 2 is 0.667 bits per heavy atom. The van der Waals surface area contributed by atoms with E-state index in [1.807, 2.05) is 73.6 Å². The van der Waals surface area contributed by atoms with Crippen molar-refractivity contribution >= 4 is 0 Å². The highest BCUT2D eigenvalue weighted by Crippen LogP contribution is 1.95. The van der Waals surface area contributed by atoms with E-state index in [0.717, 1.165) is 19.3 Å². The molecule has 0 radical (unpaired) electrons. The maximum Gasteiger partial charge on any atom is 0.0270 e. The van der Waals surface area contributed by atoms with Gasteiger partial charge in [0, 0.05) is 37.2 Å². The van der Waals surface area contributed by atoms with E-state index in [0.29, 0.717) is 0 Å². The Morgan fingerprint density at radius 3 is 0.792 bits per heavy atom. The van der Waals surface area contributed by atoms with Crippen molar-refractivity contribution in [2.75, 3.05) is 0 Å². The average Bonchev–Trinajstić information content (AvgIpc) is 2.71. The molecule has 0 aliphatic rings. The quantitative estimate of drug-likeness (QED) is 0.686. The van der Waals surface area contributed by atoms with Crippen molar-refractivity contribution in [1.29, 1.82) is 0 Å². The van der Waals surface area contributed by atoms with Crippen LogP contribution in [-0.2, 0) is 19.3 Å². The summed E-state index contributed by atoms with van der Waals surface area (Å²) in [6.45, 7) is 6.40. The minimum Gasteiger partial charge on any atom is -0.265 e. The van der Waals surface area contributed by atoms with Crippen LogP contribution < -0.4 is 0 Å². The van der Waals surface area contributed by atoms with Crippen LogP contribution in [0.25, 0.3) is 0 Å². The molecule has 3 heteroatoms. The van der Waals surface area contributed by atoms with Gasteiger partial charge in [0.05, 0.1) is 0 Å². The predicted molar refractivity (Wildman–Crippen MR) is 101 cm³/mol. The normalized spacial score (nSPS) is 9.12. The summed E-state index contributed by atoms with van der Waals surface area (Å²) in [5, 5.41) is 0. The van der Waals surface area contributed by atoms with Gasteiger partial charge in [-0.2, -0.15) is 0 Å². The minimum absolute atomic E-state index is 1.10. The molecular formula is C21H27N3. The monoisotopic (exact) mass is 321 g/mol. The molecule has 0 aliphatic carbocycles. The van der Waals surface area contributed by atoms with E-state index in [1.165, 1.54) is 16.7 Å². The standard InChI is InChI=1S/3C7H9N/c3*1-2-7-3-5-8-6-4-7/h3*3-6H,2H2,1H3. The van der Waals surface area contributed by atoms with E-state index in [9.17, 15) is 0 Å². The van der Waals surface area contributed by atoms with Crippen LogP contribution in [-0.4, -0.2) is 15.0 Å². The zero-order valence-electron chi connectivity index (χ0n) is 14.9. The molecule has 0 saturated heterocycles. The Morgan fingerprint density at radius 1 is 0.458 bits per heavy atom. The number of aryl methyl sites for hydroxylation is 3. The second kappa shape index (κ2) is 12.9. The van der Waals surface area contributed by atoms with E-state index in [4.69, 9.17) is 0 Å². The van der Waals surface area contributed by atoms with E-state index < -0.39 is 0 Å². The SMILES string of the molecule is CCc1ccncc1.CCc1ccncc1.CCc1ccncc1. The molecule has 3 nitrogen and oxygen atoms in total. The third kappa shape index (κ3) is 8.79. The molecule has 0 atom stereocenters. The van der Waals surface area contributed by atoms with Gasteiger partial charge in [0.15, 0.2) is 0 Å². The number of hydrogen-bond acceptors (Lipinski definition) is 3. The highest BCUT2D eigenvalue weighted by Gasteiger charge is 1.82. The summed E-state index contributed by atoms with van der Waals surface area (Å²) in [5.74, 6) is 0. The summed E-state index contributed by atoms with van der Waals surface area (Å²) in [7, 11) is 0. The molecule has 0 bridgehead atoms. The first-order chi connectivity index (χ1) is 11.8. The lowest BCUT2D eigenvalue weighted by atomic mass is 10.2. The van der Waals surface area contributed by atoms with E-state index in [2.05, 4.69) is 35.7 Å². The molecule has 3 rings (SSSR count). The molecule has 3 aromatic heterocycles. The molecule has 0 fully saturated rings. The largest absolute Gasteiger partial charge is 0.265 e. The fraction of sp³-hybridized carbons (Fsp3) is 0.286. The van der Waals surface area contributed by atoms with Gasteiger partial charge in [0.25, 0.3) is 0 Å². The smallest absolute Gasteiger partial charge is 0.0270 e. The van der Waals surface area contributed by atoms with Gasteiger partial charge in [-0.3, -0.25) is 15.0 Å². The van der Waals surface area contributed by atoms with Crippen LogP contribution in [0.15, 0.2) is 73.6 Å². The first kappa shape index (κ1) is 19.5. The predicted octanol–water partition coefficient (Wildman–Crippen LogP) is 4.93. The summed E-state index contributed by atoms with van der Waals surface area (Å²) >= 11 is 0. The van der Waals surface area contributed by atoms with Crippen molar-refractivity contribution in [2.45, 2.75) is 40.0 Å². The Balaban J connectivity index is 0.000000180. The zero-order valence-corrected chi connectivity index (χ0v) is 14.9. The van der Waals surface area contributed by atoms with Crippen molar-refractivity contribution < 1.29 is 0 Å². The minimum atomic E-state index is 1.10. The first-order valence-electron chi connectivity index (χ1n) is 8.46. The summed E-state index contributed by atoms with van der Waals surface area (Å²) in [4.78, 5) is 11.7. The fourth-order valence-electron chi connectivity index (χ4n) is 1.86. The molecule has 0 saturated carbocycles. The van der Waals surface area contributed by atoms with E-state index in [1.54, 1.807) is 0 Å². The lowest BCUT2D eigenvalue weighted by Crippen LogP contribution is -1.76. The summed E-state index contributed by atoms with van der Waals surface area (Å²) in [6.07, 6.45) is 14.2. The van der Waals surface area contributed by atoms with Gasteiger partial charge < -0.3 is 0 Å². The first-order valence-corrected chi connectivity index (χ1v) is 8.46. The maximum absolute atomic E-state index is 3.89. The lowest BCUT2D eigenvalue weighted by Gasteiger charge is -1.89. The average molecular weight is 321 g/mol. The highest BCUT2D eigenvalue weighted by molar-refractivity contribution is 5.09. The summed E-state index contributed by atoms with van der Waals surface area (Å²) in [5.41, 5.74) is 4.04. The number of nitrogens with zero attached hydrogens (tertiary/aromatic N) is 3. The van der Waals surface area contributed by atoms with Crippen molar-refractivity contribution in [3.8, 4) is 0 Å². The van der Waals surface area contributed by atoms with Crippen molar-refractivity contribution in [2.24, 2.45) is 0 Å². The number of hydrogen-bond donors (Lipinski definition) is 0. The van der Waals surface area contributed by atoms with Gasteiger partial charge in [-0.1, -0.05) is 20.8 Å². The molecule has 0 amide bonds. The fourth-order valence-corrected chi connectivity index (χ4v) is 1.86. The van der Waals surface area contributed by atoms with Gasteiger partial charge in [0.1, 0.15) is 0 Å². The second-order valence-electron chi connectivity index (χ2n) is 5.13. The molecule has 126 valence electrons. The molecule has 24 heavy (non-hydrogen) atoms. The second-order valence-corrected chi connectivity index (χ2v) is 5.13. The molecule has 3 heterocycles. The Labute approximate surface area is 145 Å². The topological polar surface area (TPSA) is 38.7 Å². The van der Waals surface area contributed by atoms with E-state index >= 15 is 0 Å². The molecular weight excluding hydrogens is 294 g/mol. The van der Waals surface area contributed by atoms with Gasteiger partial charge in [-0.05, 0) is 72.4 Å². The van der Waals surface area contributed by atoms with Crippen LogP contribution in [0.3, 0.4) is 0 Å². The maximum atomic E-state index is 3.89. The van der Waals surface area contributed by atoms with Crippen molar-refractivity contribution in [1.82, 2.24) is 15.0 Å². The third-order valence-electron chi connectivity index (χ3n) is 3.47. The van der Waals surface area contributed by atoms with Crippen molar-refractivity contribution in [3.63, 3.8) is 0 Å². The van der Waals surface area contributed by atoms with Gasteiger partial charge >= 0.3 is 0 Å². The van der Waals surface area contributed by atoms with Crippen LogP contribution in [0.4, 0.5) is 0 Å². The van der Waals surface area contributed by atoms with Gasteiger partial charge in [-0.15, -0.1) is 0 Å².